The molecule has 0 bridgehead atoms. The fourth-order valence-electron chi connectivity index (χ4n) is 3.35. The van der Waals surface area contributed by atoms with E-state index in [1.54, 1.807) is 12.1 Å². The maximum atomic E-state index is 11.1. The quantitative estimate of drug-likeness (QED) is 0.582. The molecule has 3 heterocycles. The summed E-state index contributed by atoms with van der Waals surface area (Å²) in [5.74, 6) is 1.80. The number of aromatic nitrogens is 4. The summed E-state index contributed by atoms with van der Waals surface area (Å²) >= 11 is 0. The molecule has 0 unspecified atom stereocenters. The van der Waals surface area contributed by atoms with Crippen LogP contribution in [0.1, 0.15) is 23.8 Å². The summed E-state index contributed by atoms with van der Waals surface area (Å²) in [6.07, 6.45) is 1.80. The lowest BCUT2D eigenvalue weighted by Gasteiger charge is -2.25. The molecular formula is C17H18N6O2. The Kier molecular flexibility index (Phi) is 3.60. The first-order valence-corrected chi connectivity index (χ1v) is 8.22. The summed E-state index contributed by atoms with van der Waals surface area (Å²) < 4.78 is 1.94. The molecule has 0 radical (unpaired) electrons. The number of hydrogen-bond acceptors (Lipinski definition) is 6. The lowest BCUT2D eigenvalue weighted by Crippen LogP contribution is -2.32. The van der Waals surface area contributed by atoms with Crippen molar-refractivity contribution in [1.29, 1.82) is 0 Å². The lowest BCUT2D eigenvalue weighted by atomic mass is 10.1. The topological polar surface area (TPSA) is 98.8 Å². The Bertz CT molecular complexity index is 981. The summed E-state index contributed by atoms with van der Waals surface area (Å²) in [6.45, 7) is 4.55. The number of rotatable bonds is 3. The van der Waals surface area contributed by atoms with Crippen LogP contribution in [0.4, 0.5) is 11.4 Å². The number of fused-ring (bicyclic) bond motifs is 2. The number of benzene rings is 1. The van der Waals surface area contributed by atoms with E-state index in [9.17, 15) is 10.1 Å². The zero-order valence-corrected chi connectivity index (χ0v) is 14.1. The summed E-state index contributed by atoms with van der Waals surface area (Å²) in [7, 11) is 0. The minimum atomic E-state index is -0.381. The van der Waals surface area contributed by atoms with Crippen molar-refractivity contribution in [2.24, 2.45) is 0 Å². The van der Waals surface area contributed by atoms with Crippen molar-refractivity contribution in [2.45, 2.75) is 39.3 Å². The van der Waals surface area contributed by atoms with Crippen molar-refractivity contribution in [3.8, 4) is 0 Å². The van der Waals surface area contributed by atoms with E-state index in [1.807, 2.05) is 24.6 Å². The molecular weight excluding hydrogens is 320 g/mol. The molecule has 0 aliphatic carbocycles. The molecule has 1 N–H and O–H groups in total. The molecule has 3 aromatic rings. The number of pyridine rings is 1. The van der Waals surface area contributed by atoms with Crippen LogP contribution >= 0.6 is 0 Å². The van der Waals surface area contributed by atoms with Crippen LogP contribution in [-0.4, -0.2) is 30.7 Å². The van der Waals surface area contributed by atoms with Gasteiger partial charge in [-0.05, 0) is 32.4 Å². The van der Waals surface area contributed by atoms with Gasteiger partial charge in [0.2, 0.25) is 0 Å². The Morgan fingerprint density at radius 3 is 2.92 bits per heavy atom. The highest BCUT2D eigenvalue weighted by molar-refractivity contribution is 5.93. The van der Waals surface area contributed by atoms with Gasteiger partial charge in [0.15, 0.2) is 0 Å². The van der Waals surface area contributed by atoms with Crippen LogP contribution in [0.5, 0.6) is 0 Å². The average molecular weight is 338 g/mol. The first-order chi connectivity index (χ1) is 12.0. The van der Waals surface area contributed by atoms with Gasteiger partial charge in [-0.3, -0.25) is 15.1 Å². The van der Waals surface area contributed by atoms with E-state index in [-0.39, 0.29) is 16.7 Å². The molecule has 0 saturated heterocycles. The largest absolute Gasteiger partial charge is 0.380 e. The number of anilines is 1. The highest BCUT2D eigenvalue weighted by Gasteiger charge is 2.22. The van der Waals surface area contributed by atoms with Crippen LogP contribution < -0.4 is 5.32 Å². The van der Waals surface area contributed by atoms with Gasteiger partial charge >= 0.3 is 0 Å². The zero-order valence-electron chi connectivity index (χ0n) is 14.1. The van der Waals surface area contributed by atoms with Crippen molar-refractivity contribution < 1.29 is 4.92 Å². The Morgan fingerprint density at radius 2 is 2.12 bits per heavy atom. The molecule has 0 fully saturated rings. The number of hydrogen-bond donors (Lipinski definition) is 1. The lowest BCUT2D eigenvalue weighted by molar-refractivity contribution is -0.384. The molecule has 1 atom stereocenters. The standard InChI is InChI=1S/C17H18N6O2/c1-10-7-16(14-8-13(23(24)25)4-5-15(14)18-10)20-12-3-6-17-19-11(2)21-22(17)9-12/h4-5,7-8,12H,3,6,9H2,1-2H3,(H,18,20)/t12-/m1/s1. The van der Waals surface area contributed by atoms with Crippen LogP contribution in [0.25, 0.3) is 10.9 Å². The molecule has 4 rings (SSSR count). The second kappa shape index (κ2) is 5.80. The molecule has 0 spiro atoms. The molecule has 0 saturated carbocycles. The Labute approximate surface area is 144 Å². The van der Waals surface area contributed by atoms with Gasteiger partial charge < -0.3 is 5.32 Å². The molecule has 8 nitrogen and oxygen atoms in total. The summed E-state index contributed by atoms with van der Waals surface area (Å²) in [5, 5.41) is 19.8. The van der Waals surface area contributed by atoms with Gasteiger partial charge in [-0.15, -0.1) is 0 Å². The van der Waals surface area contributed by atoms with Gasteiger partial charge in [0.25, 0.3) is 5.69 Å². The first-order valence-electron chi connectivity index (χ1n) is 8.22. The van der Waals surface area contributed by atoms with E-state index in [1.165, 1.54) is 6.07 Å². The van der Waals surface area contributed by atoms with Crippen molar-refractivity contribution >= 4 is 22.3 Å². The molecule has 128 valence electrons. The highest BCUT2D eigenvalue weighted by atomic mass is 16.6. The number of non-ortho nitro benzene ring substituents is 1. The van der Waals surface area contributed by atoms with Gasteiger partial charge in [0.1, 0.15) is 11.6 Å². The van der Waals surface area contributed by atoms with Crippen LogP contribution in [-0.2, 0) is 13.0 Å². The van der Waals surface area contributed by atoms with Gasteiger partial charge in [0.05, 0.1) is 17.0 Å². The summed E-state index contributed by atoms with van der Waals surface area (Å²) in [5.41, 5.74) is 2.56. The third-order valence-electron chi connectivity index (χ3n) is 4.45. The Balaban J connectivity index is 1.69. The van der Waals surface area contributed by atoms with Crippen molar-refractivity contribution in [3.63, 3.8) is 0 Å². The van der Waals surface area contributed by atoms with Crippen LogP contribution in [0, 0.1) is 24.0 Å². The van der Waals surface area contributed by atoms with Crippen molar-refractivity contribution in [3.05, 3.63) is 51.7 Å². The van der Waals surface area contributed by atoms with Crippen molar-refractivity contribution in [1.82, 2.24) is 19.7 Å². The third-order valence-corrected chi connectivity index (χ3v) is 4.45. The fourth-order valence-corrected chi connectivity index (χ4v) is 3.35. The molecule has 1 aliphatic rings. The van der Waals surface area contributed by atoms with E-state index >= 15 is 0 Å². The zero-order chi connectivity index (χ0) is 17.6. The third kappa shape index (κ3) is 2.90. The Morgan fingerprint density at radius 1 is 1.28 bits per heavy atom. The van der Waals surface area contributed by atoms with E-state index in [0.29, 0.717) is 0 Å². The maximum Gasteiger partial charge on any atom is 0.270 e. The molecule has 1 aliphatic heterocycles. The van der Waals surface area contributed by atoms with Gasteiger partial charge in [-0.25, -0.2) is 9.67 Å². The smallest absolute Gasteiger partial charge is 0.270 e. The van der Waals surface area contributed by atoms with E-state index in [2.05, 4.69) is 20.4 Å². The Hall–Kier alpha value is -3.03. The van der Waals surface area contributed by atoms with Crippen molar-refractivity contribution in [2.75, 3.05) is 5.32 Å². The predicted molar refractivity (Wildman–Crippen MR) is 93.6 cm³/mol. The number of nitrogens with one attached hydrogen (secondary N) is 1. The molecule has 1 aromatic carbocycles. The average Bonchev–Trinajstić information content (AvgIpc) is 2.93. The van der Waals surface area contributed by atoms with E-state index in [4.69, 9.17) is 0 Å². The fraction of sp³-hybridized carbons (Fsp3) is 0.353. The molecule has 2 aromatic heterocycles. The SMILES string of the molecule is Cc1cc(N[C@@H]2CCc3nc(C)nn3C2)c2cc([N+](=O)[O-])ccc2n1. The molecule has 25 heavy (non-hydrogen) atoms. The maximum absolute atomic E-state index is 11.1. The summed E-state index contributed by atoms with van der Waals surface area (Å²) in [4.78, 5) is 19.6. The van der Waals surface area contributed by atoms with Crippen LogP contribution in [0.3, 0.4) is 0 Å². The highest BCUT2D eigenvalue weighted by Crippen LogP contribution is 2.29. The monoisotopic (exact) mass is 338 g/mol. The second-order valence-electron chi connectivity index (χ2n) is 6.41. The molecule has 0 amide bonds. The number of nitro groups is 1. The predicted octanol–water partition coefficient (Wildman–Crippen LogP) is 2.78. The summed E-state index contributed by atoms with van der Waals surface area (Å²) in [6, 6.07) is 6.90. The van der Waals surface area contributed by atoms with E-state index < -0.39 is 0 Å². The normalized spacial score (nSPS) is 16.6. The van der Waals surface area contributed by atoms with Gasteiger partial charge in [-0.1, -0.05) is 0 Å². The number of nitrogens with zero attached hydrogens (tertiary/aromatic N) is 5. The van der Waals surface area contributed by atoms with Gasteiger partial charge in [-0.2, -0.15) is 5.10 Å². The van der Waals surface area contributed by atoms with Crippen LogP contribution in [0.2, 0.25) is 0 Å². The minimum absolute atomic E-state index is 0.0686. The number of aryl methyl sites for hydroxylation is 3. The first kappa shape index (κ1) is 15.5. The number of nitro benzene ring substituents is 1. The molecule has 8 heteroatoms. The van der Waals surface area contributed by atoms with Gasteiger partial charge in [0, 0.05) is 41.4 Å². The van der Waals surface area contributed by atoms with Crippen LogP contribution in [0.15, 0.2) is 24.3 Å². The minimum Gasteiger partial charge on any atom is -0.380 e. The second-order valence-corrected chi connectivity index (χ2v) is 6.41. The van der Waals surface area contributed by atoms with E-state index in [0.717, 1.165) is 53.3 Å².